The molecule has 330 valence electrons. The van der Waals surface area contributed by atoms with Crippen molar-refractivity contribution < 1.29 is 28.6 Å². The van der Waals surface area contributed by atoms with Gasteiger partial charge in [-0.15, -0.1) is 0 Å². The summed E-state index contributed by atoms with van der Waals surface area (Å²) in [7, 11) is 0. The zero-order valence-corrected chi connectivity index (χ0v) is 37.6. The first-order valence-electron chi connectivity index (χ1n) is 24.1. The first-order valence-corrected chi connectivity index (χ1v) is 24.1. The molecule has 6 nitrogen and oxygen atoms in total. The van der Waals surface area contributed by atoms with Crippen LogP contribution in [-0.2, 0) is 28.6 Å². The van der Waals surface area contributed by atoms with Crippen LogP contribution in [0, 0.1) is 0 Å². The van der Waals surface area contributed by atoms with Crippen LogP contribution in [0.2, 0.25) is 0 Å². The highest BCUT2D eigenvalue weighted by Gasteiger charge is 2.19. The van der Waals surface area contributed by atoms with Crippen molar-refractivity contribution in [3.63, 3.8) is 0 Å². The second-order valence-electron chi connectivity index (χ2n) is 16.0. The van der Waals surface area contributed by atoms with Crippen LogP contribution in [0.25, 0.3) is 0 Å². The highest BCUT2D eigenvalue weighted by atomic mass is 16.6. The first kappa shape index (κ1) is 54.4. The molecule has 1 atom stereocenters. The molecule has 0 aliphatic carbocycles. The number of ether oxygens (including phenoxy) is 3. The molecular formula is C51H90O6. The van der Waals surface area contributed by atoms with E-state index >= 15 is 0 Å². The topological polar surface area (TPSA) is 78.9 Å². The second-order valence-corrected chi connectivity index (χ2v) is 16.0. The third-order valence-corrected chi connectivity index (χ3v) is 10.3. The van der Waals surface area contributed by atoms with Gasteiger partial charge in [0.2, 0.25) is 0 Å². The Kier molecular flexibility index (Phi) is 43.9. The molecule has 1 unspecified atom stereocenters. The van der Waals surface area contributed by atoms with Crippen LogP contribution in [0.15, 0.2) is 48.6 Å². The Morgan fingerprint density at radius 2 is 0.702 bits per heavy atom. The van der Waals surface area contributed by atoms with Crippen molar-refractivity contribution in [1.82, 2.24) is 0 Å². The monoisotopic (exact) mass is 799 g/mol. The van der Waals surface area contributed by atoms with Gasteiger partial charge in [-0.3, -0.25) is 14.4 Å². The quantitative estimate of drug-likeness (QED) is 0.0265. The molecule has 0 aromatic carbocycles. The summed E-state index contributed by atoms with van der Waals surface area (Å²) in [5, 5.41) is 0. The van der Waals surface area contributed by atoms with E-state index in [1.807, 2.05) is 0 Å². The van der Waals surface area contributed by atoms with Gasteiger partial charge >= 0.3 is 17.9 Å². The summed E-state index contributed by atoms with van der Waals surface area (Å²) in [5.41, 5.74) is 0. The maximum absolute atomic E-state index is 12.7. The van der Waals surface area contributed by atoms with E-state index in [1.165, 1.54) is 103 Å². The van der Waals surface area contributed by atoms with Crippen LogP contribution >= 0.6 is 0 Å². The van der Waals surface area contributed by atoms with Gasteiger partial charge in [0.05, 0.1) is 0 Å². The number of carbonyl (C=O) groups excluding carboxylic acids is 3. The fourth-order valence-corrected chi connectivity index (χ4v) is 6.67. The molecule has 0 aliphatic rings. The highest BCUT2D eigenvalue weighted by molar-refractivity contribution is 5.71. The van der Waals surface area contributed by atoms with E-state index in [0.29, 0.717) is 19.3 Å². The lowest BCUT2D eigenvalue weighted by molar-refractivity contribution is -0.167. The molecule has 0 aliphatic heterocycles. The van der Waals surface area contributed by atoms with E-state index in [1.54, 1.807) is 0 Å². The number of unbranched alkanes of at least 4 members (excludes halogenated alkanes) is 24. The van der Waals surface area contributed by atoms with Gasteiger partial charge in [-0.25, -0.2) is 0 Å². The molecule has 0 saturated heterocycles. The number of carbonyl (C=O) groups is 3. The molecule has 6 heteroatoms. The van der Waals surface area contributed by atoms with Crippen LogP contribution in [0.3, 0.4) is 0 Å². The van der Waals surface area contributed by atoms with E-state index in [9.17, 15) is 14.4 Å². The average molecular weight is 799 g/mol. The fourth-order valence-electron chi connectivity index (χ4n) is 6.67. The molecule has 0 aromatic rings. The third-order valence-electron chi connectivity index (χ3n) is 10.3. The smallest absolute Gasteiger partial charge is 0.306 e. The molecule has 0 amide bonds. The van der Waals surface area contributed by atoms with Gasteiger partial charge in [0.1, 0.15) is 13.2 Å². The lowest BCUT2D eigenvalue weighted by Crippen LogP contribution is -2.30. The summed E-state index contributed by atoms with van der Waals surface area (Å²) in [6, 6.07) is 0. The molecular weight excluding hydrogens is 709 g/mol. The Morgan fingerprint density at radius 3 is 1.14 bits per heavy atom. The number of rotatable bonds is 43. The van der Waals surface area contributed by atoms with Crippen LogP contribution in [0.5, 0.6) is 0 Å². The summed E-state index contributed by atoms with van der Waals surface area (Å²) >= 11 is 0. The largest absolute Gasteiger partial charge is 0.462 e. The van der Waals surface area contributed by atoms with Gasteiger partial charge in [-0.2, -0.15) is 0 Å². The summed E-state index contributed by atoms with van der Waals surface area (Å²) in [6.45, 7) is 6.47. The third kappa shape index (κ3) is 44.3. The van der Waals surface area contributed by atoms with Crippen molar-refractivity contribution in [1.29, 1.82) is 0 Å². The Hall–Kier alpha value is -2.63. The lowest BCUT2D eigenvalue weighted by Gasteiger charge is -2.18. The van der Waals surface area contributed by atoms with Crippen molar-refractivity contribution in [2.75, 3.05) is 13.2 Å². The average Bonchev–Trinajstić information content (AvgIpc) is 3.21. The predicted molar refractivity (Wildman–Crippen MR) is 242 cm³/mol. The van der Waals surface area contributed by atoms with Gasteiger partial charge in [-0.05, 0) is 70.6 Å². The van der Waals surface area contributed by atoms with Crippen LogP contribution in [0.1, 0.15) is 239 Å². The summed E-state index contributed by atoms with van der Waals surface area (Å²) in [6.07, 6.45) is 53.8. The highest BCUT2D eigenvalue weighted by Crippen LogP contribution is 2.14. The maximum Gasteiger partial charge on any atom is 0.306 e. The Bertz CT molecular complexity index is 1010. The number of esters is 3. The van der Waals surface area contributed by atoms with E-state index in [4.69, 9.17) is 14.2 Å². The molecule has 0 spiro atoms. The van der Waals surface area contributed by atoms with Gasteiger partial charge < -0.3 is 14.2 Å². The molecule has 0 heterocycles. The minimum absolute atomic E-state index is 0.0779. The number of hydrogen-bond donors (Lipinski definition) is 0. The molecule has 57 heavy (non-hydrogen) atoms. The van der Waals surface area contributed by atoms with Crippen molar-refractivity contribution in [2.24, 2.45) is 0 Å². The lowest BCUT2D eigenvalue weighted by atomic mass is 10.1. The van der Waals surface area contributed by atoms with Gasteiger partial charge in [0.15, 0.2) is 6.10 Å². The van der Waals surface area contributed by atoms with Crippen molar-refractivity contribution in [2.45, 2.75) is 245 Å². The fraction of sp³-hybridized carbons (Fsp3) is 0.784. The van der Waals surface area contributed by atoms with Crippen LogP contribution in [-0.4, -0.2) is 37.2 Å². The van der Waals surface area contributed by atoms with Gasteiger partial charge in [0.25, 0.3) is 0 Å². The minimum Gasteiger partial charge on any atom is -0.462 e. The predicted octanol–water partition coefficient (Wildman–Crippen LogP) is 15.5. The van der Waals surface area contributed by atoms with Crippen molar-refractivity contribution in [3.8, 4) is 0 Å². The summed E-state index contributed by atoms with van der Waals surface area (Å²) in [5.74, 6) is -0.896. The van der Waals surface area contributed by atoms with E-state index < -0.39 is 6.10 Å². The van der Waals surface area contributed by atoms with E-state index in [0.717, 1.165) is 96.3 Å². The molecule has 0 rings (SSSR count). The molecule has 0 bridgehead atoms. The van der Waals surface area contributed by atoms with Crippen LogP contribution < -0.4 is 0 Å². The molecule has 0 fully saturated rings. The summed E-state index contributed by atoms with van der Waals surface area (Å²) < 4.78 is 16.7. The normalized spacial score (nSPS) is 12.4. The van der Waals surface area contributed by atoms with E-state index in [2.05, 4.69) is 69.4 Å². The molecule has 0 saturated carbocycles. The SMILES string of the molecule is CC/C=C\C/C=C\C/C=C\CCCCCCCCCC(=O)OCC(COC(=O)CCCCCCCCCCCCC)OC(=O)CCCCCCC/C=C\CCCC. The molecule has 0 radical (unpaired) electrons. The molecule has 0 aromatic heterocycles. The number of allylic oxidation sites excluding steroid dienone is 8. The number of hydrogen-bond acceptors (Lipinski definition) is 6. The zero-order valence-electron chi connectivity index (χ0n) is 37.6. The van der Waals surface area contributed by atoms with Gasteiger partial charge in [0, 0.05) is 19.3 Å². The van der Waals surface area contributed by atoms with Gasteiger partial charge in [-0.1, -0.05) is 198 Å². The van der Waals surface area contributed by atoms with Crippen molar-refractivity contribution >= 4 is 17.9 Å². The zero-order chi connectivity index (χ0) is 41.5. The minimum atomic E-state index is -0.776. The maximum atomic E-state index is 12.7. The second kappa shape index (κ2) is 46.1. The standard InChI is InChI=1S/C51H90O6/c1-4-7-10-13-16-19-22-23-24-25-26-27-30-32-35-38-41-44-50(53)56-47-48(57-51(54)45-42-39-36-33-29-21-18-15-12-9-6-3)46-55-49(52)43-40-37-34-31-28-20-17-14-11-8-5-2/h7,10,15-16,18-19,23-24,48H,4-6,8-9,11-14,17,20-22,25-47H2,1-3H3/b10-7-,18-15-,19-16-,24-23-. The Balaban J connectivity index is 4.35. The van der Waals surface area contributed by atoms with Crippen LogP contribution in [0.4, 0.5) is 0 Å². The first-order chi connectivity index (χ1) is 28.0. The Morgan fingerprint density at radius 1 is 0.368 bits per heavy atom. The molecule has 0 N–H and O–H groups in total. The van der Waals surface area contributed by atoms with E-state index in [-0.39, 0.29) is 31.1 Å². The Labute approximate surface area is 352 Å². The summed E-state index contributed by atoms with van der Waals surface area (Å²) in [4.78, 5) is 37.8. The van der Waals surface area contributed by atoms with Crippen molar-refractivity contribution in [3.05, 3.63) is 48.6 Å².